The number of aryl methyl sites for hydroxylation is 1. The van der Waals surface area contributed by atoms with Crippen molar-refractivity contribution in [3.63, 3.8) is 0 Å². The van der Waals surface area contributed by atoms with Crippen LogP contribution < -0.4 is 14.2 Å². The minimum atomic E-state index is -1.01. The number of ether oxygens (including phenoxy) is 3. The van der Waals surface area contributed by atoms with E-state index in [9.17, 15) is 9.90 Å². The Balaban J connectivity index is 1.87. The Morgan fingerprint density at radius 1 is 1.17 bits per heavy atom. The van der Waals surface area contributed by atoms with Crippen LogP contribution in [0.15, 0.2) is 29.4 Å². The van der Waals surface area contributed by atoms with Crippen molar-refractivity contribution >= 4 is 17.7 Å². The lowest BCUT2D eigenvalue weighted by atomic mass is 9.95. The molecule has 0 saturated carbocycles. The molecular weight excluding hydrogens is 542 g/mol. The molecule has 0 bridgehead atoms. The average molecular weight is 587 g/mol. The highest BCUT2D eigenvalue weighted by Gasteiger charge is 2.29. The Morgan fingerprint density at radius 2 is 1.90 bits per heavy atom. The molecule has 0 aromatic carbocycles. The van der Waals surface area contributed by atoms with Crippen LogP contribution in [0.5, 0.6) is 11.9 Å². The molecule has 2 N–H and O–H groups in total. The Morgan fingerprint density at radius 3 is 2.51 bits per heavy atom. The number of thioether (sulfide) groups is 1. The standard InChI is InChI=1S/C30H43N5O5S/c1-9-21(10-2)40-29-33-26(34-35(29)18-38-14-13-19(3)4)22-11-12-24(32-27(22)41-8)23-16-31-25(15-20(23)5)39-17-30(6,7)28(36)37/h11-12,15-16,19,21H,9-10,13-14,17-18H2,1-8H3,(H,36,37)/p+1. The van der Waals surface area contributed by atoms with Crippen molar-refractivity contribution in [1.29, 1.82) is 0 Å². The van der Waals surface area contributed by atoms with Crippen LogP contribution in [0, 0.1) is 18.3 Å². The van der Waals surface area contributed by atoms with Gasteiger partial charge in [-0.05, 0) is 69.9 Å². The number of nitrogens with zero attached hydrogens (tertiary/aromatic N) is 4. The maximum absolute atomic E-state index is 11.4. The fourth-order valence-corrected chi connectivity index (χ4v) is 4.43. The van der Waals surface area contributed by atoms with Crippen LogP contribution in [0.25, 0.3) is 22.6 Å². The summed E-state index contributed by atoms with van der Waals surface area (Å²) in [7, 11) is 0. The number of aromatic amines is 1. The number of aromatic nitrogens is 5. The van der Waals surface area contributed by atoms with E-state index in [1.807, 2.05) is 30.0 Å². The molecule has 0 aliphatic carbocycles. The summed E-state index contributed by atoms with van der Waals surface area (Å²) in [4.78, 5) is 25.5. The first-order chi connectivity index (χ1) is 19.5. The summed E-state index contributed by atoms with van der Waals surface area (Å²) in [5, 5.41) is 13.5. The van der Waals surface area contributed by atoms with Crippen LogP contribution in [0.4, 0.5) is 0 Å². The molecule has 3 rings (SSSR count). The smallest absolute Gasteiger partial charge is 0.481 e. The van der Waals surface area contributed by atoms with Gasteiger partial charge in [0.2, 0.25) is 12.6 Å². The summed E-state index contributed by atoms with van der Waals surface area (Å²) in [6.45, 7) is 14.7. The van der Waals surface area contributed by atoms with E-state index >= 15 is 0 Å². The Bertz CT molecular complexity index is 1310. The van der Waals surface area contributed by atoms with Gasteiger partial charge < -0.3 is 19.3 Å². The molecule has 10 nitrogen and oxygen atoms in total. The van der Waals surface area contributed by atoms with E-state index in [1.54, 1.807) is 26.1 Å². The van der Waals surface area contributed by atoms with E-state index in [4.69, 9.17) is 24.2 Å². The summed E-state index contributed by atoms with van der Waals surface area (Å²) in [6.07, 6.45) is 6.50. The quantitative estimate of drug-likeness (QED) is 0.119. The first-order valence-corrected chi connectivity index (χ1v) is 15.3. The molecule has 0 radical (unpaired) electrons. The Kier molecular flexibility index (Phi) is 11.5. The predicted molar refractivity (Wildman–Crippen MR) is 159 cm³/mol. The first kappa shape index (κ1) is 32.3. The van der Waals surface area contributed by atoms with Gasteiger partial charge in [-0.15, -0.1) is 11.8 Å². The summed E-state index contributed by atoms with van der Waals surface area (Å²) >= 11 is 1.53. The number of carboxylic acid groups (broad SMARTS) is 1. The van der Waals surface area contributed by atoms with Crippen molar-refractivity contribution in [2.24, 2.45) is 11.3 Å². The molecule has 0 saturated heterocycles. The molecule has 3 aromatic rings. The van der Waals surface area contributed by atoms with E-state index in [-0.39, 0.29) is 12.7 Å². The van der Waals surface area contributed by atoms with Gasteiger partial charge in [0, 0.05) is 22.8 Å². The topological polar surface area (TPSA) is 123 Å². The van der Waals surface area contributed by atoms with E-state index in [0.29, 0.717) is 37.0 Å². The molecule has 0 aliphatic rings. The second-order valence-electron chi connectivity index (χ2n) is 11.1. The molecule has 41 heavy (non-hydrogen) atoms. The number of carboxylic acids is 1. The lowest BCUT2D eigenvalue weighted by molar-refractivity contribution is -0.785. The van der Waals surface area contributed by atoms with Gasteiger partial charge in [-0.3, -0.25) is 4.79 Å². The zero-order valence-electron chi connectivity index (χ0n) is 25.5. The van der Waals surface area contributed by atoms with E-state index in [0.717, 1.165) is 46.7 Å². The molecule has 224 valence electrons. The third-order valence-electron chi connectivity index (χ3n) is 6.75. The van der Waals surface area contributed by atoms with Gasteiger partial charge in [0.1, 0.15) is 17.7 Å². The molecular formula is C30H44N5O5S+. The Labute approximate surface area is 247 Å². The molecule has 0 spiro atoms. The largest absolute Gasteiger partial charge is 0.522 e. The van der Waals surface area contributed by atoms with Crippen LogP contribution in [0.3, 0.4) is 0 Å². The number of H-pyrrole nitrogens is 1. The predicted octanol–water partition coefficient (Wildman–Crippen LogP) is 5.93. The Hall–Kier alpha value is -3.18. The lowest BCUT2D eigenvalue weighted by Crippen LogP contribution is -2.40. The van der Waals surface area contributed by atoms with Gasteiger partial charge in [0.05, 0.1) is 23.3 Å². The molecule has 0 fully saturated rings. The molecule has 0 amide bonds. The summed E-state index contributed by atoms with van der Waals surface area (Å²) in [5.41, 5.74) is 2.40. The van der Waals surface area contributed by atoms with Crippen molar-refractivity contribution in [2.45, 2.75) is 85.6 Å². The molecule has 0 atom stereocenters. The number of pyridine rings is 2. The van der Waals surface area contributed by atoms with Crippen LogP contribution >= 0.6 is 11.8 Å². The summed E-state index contributed by atoms with van der Waals surface area (Å²) < 4.78 is 19.6. The highest BCUT2D eigenvalue weighted by Crippen LogP contribution is 2.32. The lowest BCUT2D eigenvalue weighted by Gasteiger charge is -2.19. The molecule has 3 heterocycles. The van der Waals surface area contributed by atoms with E-state index in [1.165, 1.54) is 11.8 Å². The number of nitrogens with one attached hydrogen (secondary N) is 1. The highest BCUT2D eigenvalue weighted by molar-refractivity contribution is 7.98. The minimum Gasteiger partial charge on any atom is -0.481 e. The second kappa shape index (κ2) is 14.6. The van der Waals surface area contributed by atoms with Crippen LogP contribution in [0.1, 0.15) is 66.4 Å². The second-order valence-corrected chi connectivity index (χ2v) is 11.9. The highest BCUT2D eigenvalue weighted by atomic mass is 32.2. The monoisotopic (exact) mass is 586 g/mol. The molecule has 11 heteroatoms. The normalized spacial score (nSPS) is 11.9. The van der Waals surface area contributed by atoms with Gasteiger partial charge >= 0.3 is 12.0 Å². The first-order valence-electron chi connectivity index (χ1n) is 14.1. The fourth-order valence-electron chi connectivity index (χ4n) is 3.85. The molecule has 0 unspecified atom stereocenters. The zero-order chi connectivity index (χ0) is 30.2. The van der Waals surface area contributed by atoms with Crippen molar-refractivity contribution in [3.8, 4) is 34.5 Å². The van der Waals surface area contributed by atoms with Gasteiger partial charge in [-0.2, -0.15) is 5.10 Å². The van der Waals surface area contributed by atoms with Gasteiger partial charge in [-0.25, -0.2) is 9.97 Å². The van der Waals surface area contributed by atoms with Gasteiger partial charge in [-0.1, -0.05) is 32.4 Å². The summed E-state index contributed by atoms with van der Waals surface area (Å²) in [6, 6.07) is 6.24. The van der Waals surface area contributed by atoms with Crippen LogP contribution in [0.2, 0.25) is 0 Å². The molecule has 3 aromatic heterocycles. The van der Waals surface area contributed by atoms with Gasteiger partial charge in [0.25, 0.3) is 5.82 Å². The number of aliphatic carboxylic acids is 1. The minimum absolute atomic E-state index is 0.0204. The van der Waals surface area contributed by atoms with E-state index in [2.05, 4.69) is 37.8 Å². The van der Waals surface area contributed by atoms with Crippen molar-refractivity contribution in [2.75, 3.05) is 19.5 Å². The van der Waals surface area contributed by atoms with Crippen molar-refractivity contribution in [3.05, 3.63) is 30.0 Å². The third-order valence-corrected chi connectivity index (χ3v) is 7.45. The van der Waals surface area contributed by atoms with Crippen LogP contribution in [-0.2, 0) is 16.3 Å². The third kappa shape index (κ3) is 8.65. The van der Waals surface area contributed by atoms with Crippen LogP contribution in [-0.4, -0.2) is 56.7 Å². The SMILES string of the molecule is CCC(CC)Oc1nc(-c2ccc(-c3cnc(OCC(C)(C)C(=O)O)cc3C)nc2SC)[nH][n+]1COCCC(C)C. The molecule has 0 aliphatic heterocycles. The zero-order valence-corrected chi connectivity index (χ0v) is 26.3. The van der Waals surface area contributed by atoms with Gasteiger partial charge in [0.15, 0.2) is 0 Å². The number of carbonyl (C=O) groups is 1. The maximum Gasteiger partial charge on any atom is 0.522 e. The van der Waals surface area contributed by atoms with Crippen molar-refractivity contribution < 1.29 is 28.8 Å². The average Bonchev–Trinajstić information content (AvgIpc) is 3.34. The van der Waals surface area contributed by atoms with E-state index < -0.39 is 11.4 Å². The summed E-state index contributed by atoms with van der Waals surface area (Å²) in [5.74, 6) is 0.678. The fraction of sp³-hybridized carbons (Fsp3) is 0.567. The number of hydrogen-bond acceptors (Lipinski definition) is 8. The van der Waals surface area contributed by atoms with Crippen molar-refractivity contribution in [1.82, 2.24) is 20.1 Å². The number of hydrogen-bond donors (Lipinski definition) is 2. The maximum atomic E-state index is 11.4. The number of rotatable bonds is 16.